The van der Waals surface area contributed by atoms with Gasteiger partial charge in [-0.1, -0.05) is 17.7 Å². The second-order valence-corrected chi connectivity index (χ2v) is 4.75. The summed E-state index contributed by atoms with van der Waals surface area (Å²) in [4.78, 5) is 8.63. The van der Waals surface area contributed by atoms with E-state index in [1.54, 1.807) is 0 Å². The number of aromatic nitrogens is 2. The molecule has 2 heterocycles. The number of hydrogen-bond acceptors (Lipinski definition) is 2. The summed E-state index contributed by atoms with van der Waals surface area (Å²) < 4.78 is 0. The third-order valence-electron chi connectivity index (χ3n) is 3.21. The van der Waals surface area contributed by atoms with Crippen LogP contribution >= 0.6 is 11.6 Å². The molecule has 0 bridgehead atoms. The highest BCUT2D eigenvalue weighted by molar-refractivity contribution is 6.30. The van der Waals surface area contributed by atoms with E-state index in [4.69, 9.17) is 11.6 Å². The molecule has 1 aliphatic carbocycles. The predicted molar refractivity (Wildman–Crippen MR) is 71.0 cm³/mol. The second-order valence-electron chi connectivity index (χ2n) is 4.36. The minimum absolute atomic E-state index is 0.531. The monoisotopic (exact) mass is 244 g/mol. The fourth-order valence-electron chi connectivity index (χ4n) is 2.35. The summed E-state index contributed by atoms with van der Waals surface area (Å²) in [5.74, 6) is 0. The zero-order valence-electron chi connectivity index (χ0n) is 9.49. The van der Waals surface area contributed by atoms with E-state index in [1.165, 1.54) is 18.4 Å². The molecule has 0 saturated carbocycles. The molecule has 17 heavy (non-hydrogen) atoms. The molecular formula is C14H13ClN2. The SMILES string of the molecule is Clc1cc2c(C3=CCCCC3)nccc2cn1. The molecule has 0 fully saturated rings. The molecule has 0 aromatic carbocycles. The lowest BCUT2D eigenvalue weighted by molar-refractivity contribution is 0.740. The van der Waals surface area contributed by atoms with Crippen LogP contribution in [0.2, 0.25) is 5.15 Å². The van der Waals surface area contributed by atoms with Gasteiger partial charge < -0.3 is 0 Å². The first-order chi connectivity index (χ1) is 8.34. The molecule has 0 aliphatic heterocycles. The molecule has 2 aromatic rings. The maximum atomic E-state index is 5.97. The van der Waals surface area contributed by atoms with Crippen LogP contribution in [-0.2, 0) is 0 Å². The zero-order chi connectivity index (χ0) is 11.7. The smallest absolute Gasteiger partial charge is 0.129 e. The van der Waals surface area contributed by atoms with Gasteiger partial charge in [0.15, 0.2) is 0 Å². The number of hydrogen-bond donors (Lipinski definition) is 0. The van der Waals surface area contributed by atoms with E-state index in [9.17, 15) is 0 Å². The van der Waals surface area contributed by atoms with Crippen molar-refractivity contribution in [3.8, 4) is 0 Å². The lowest BCUT2D eigenvalue weighted by atomic mass is 9.94. The van der Waals surface area contributed by atoms with E-state index in [-0.39, 0.29) is 0 Å². The summed E-state index contributed by atoms with van der Waals surface area (Å²) in [7, 11) is 0. The molecular weight excluding hydrogens is 232 g/mol. The number of nitrogens with zero attached hydrogens (tertiary/aromatic N) is 2. The van der Waals surface area contributed by atoms with Crippen LogP contribution in [0.15, 0.2) is 30.6 Å². The number of fused-ring (bicyclic) bond motifs is 1. The van der Waals surface area contributed by atoms with Gasteiger partial charge >= 0.3 is 0 Å². The summed E-state index contributed by atoms with van der Waals surface area (Å²) in [6, 6.07) is 3.89. The quantitative estimate of drug-likeness (QED) is 0.701. The Balaban J connectivity index is 2.21. The van der Waals surface area contributed by atoms with E-state index in [1.807, 2.05) is 24.5 Å². The summed E-state index contributed by atoms with van der Waals surface area (Å²) in [6.45, 7) is 0. The fraction of sp³-hybridized carbons (Fsp3) is 0.286. The minimum atomic E-state index is 0.531. The Labute approximate surface area is 105 Å². The lowest BCUT2D eigenvalue weighted by Crippen LogP contribution is -1.96. The number of rotatable bonds is 1. The fourth-order valence-corrected chi connectivity index (χ4v) is 2.51. The summed E-state index contributed by atoms with van der Waals surface area (Å²) >= 11 is 5.97. The first-order valence-corrected chi connectivity index (χ1v) is 6.32. The van der Waals surface area contributed by atoms with Gasteiger partial charge in [-0.25, -0.2) is 4.98 Å². The Hall–Kier alpha value is -1.41. The van der Waals surface area contributed by atoms with Crippen molar-refractivity contribution in [2.24, 2.45) is 0 Å². The van der Waals surface area contributed by atoms with Crippen molar-refractivity contribution in [1.82, 2.24) is 9.97 Å². The molecule has 3 rings (SSSR count). The lowest BCUT2D eigenvalue weighted by Gasteiger charge is -2.13. The van der Waals surface area contributed by atoms with Crippen LogP contribution in [-0.4, -0.2) is 9.97 Å². The maximum Gasteiger partial charge on any atom is 0.129 e. The summed E-state index contributed by atoms with van der Waals surface area (Å²) in [6.07, 6.45) is 10.8. The van der Waals surface area contributed by atoms with Gasteiger partial charge in [-0.2, -0.15) is 0 Å². The van der Waals surface area contributed by atoms with Crippen molar-refractivity contribution in [1.29, 1.82) is 0 Å². The molecule has 0 amide bonds. The second kappa shape index (κ2) is 4.46. The minimum Gasteiger partial charge on any atom is -0.256 e. The van der Waals surface area contributed by atoms with Crippen molar-refractivity contribution >= 4 is 27.9 Å². The van der Waals surface area contributed by atoms with Gasteiger partial charge in [-0.05, 0) is 43.4 Å². The standard InChI is InChI=1S/C14H13ClN2/c15-13-8-12-11(9-17-13)6-7-16-14(12)10-4-2-1-3-5-10/h4,6-9H,1-3,5H2. The normalized spacial score (nSPS) is 15.9. The van der Waals surface area contributed by atoms with E-state index in [0.29, 0.717) is 5.15 Å². The van der Waals surface area contributed by atoms with Crippen molar-refractivity contribution in [3.05, 3.63) is 41.4 Å². The van der Waals surface area contributed by atoms with Crippen molar-refractivity contribution < 1.29 is 0 Å². The summed E-state index contributed by atoms with van der Waals surface area (Å²) in [5, 5.41) is 2.75. The molecule has 1 aliphatic rings. The average molecular weight is 245 g/mol. The van der Waals surface area contributed by atoms with Gasteiger partial charge in [0, 0.05) is 23.2 Å². The van der Waals surface area contributed by atoms with Gasteiger partial charge in [0.2, 0.25) is 0 Å². The number of allylic oxidation sites excluding steroid dienone is 2. The van der Waals surface area contributed by atoms with Crippen LogP contribution in [0.1, 0.15) is 31.4 Å². The van der Waals surface area contributed by atoms with Gasteiger partial charge in [-0.3, -0.25) is 4.98 Å². The maximum absolute atomic E-state index is 5.97. The molecule has 0 saturated heterocycles. The molecule has 0 N–H and O–H groups in total. The molecule has 0 unspecified atom stereocenters. The van der Waals surface area contributed by atoms with Gasteiger partial charge in [0.25, 0.3) is 0 Å². The zero-order valence-corrected chi connectivity index (χ0v) is 10.2. The van der Waals surface area contributed by atoms with E-state index in [2.05, 4.69) is 16.0 Å². The van der Waals surface area contributed by atoms with Gasteiger partial charge in [0.1, 0.15) is 5.15 Å². The van der Waals surface area contributed by atoms with E-state index >= 15 is 0 Å². The third kappa shape index (κ3) is 2.05. The Bertz CT molecular complexity index is 590. The first kappa shape index (κ1) is 10.7. The van der Waals surface area contributed by atoms with Gasteiger partial charge in [-0.15, -0.1) is 0 Å². The Kier molecular flexibility index (Phi) is 2.81. The highest BCUT2D eigenvalue weighted by Gasteiger charge is 2.11. The Morgan fingerprint density at radius 1 is 1.18 bits per heavy atom. The van der Waals surface area contributed by atoms with E-state index in [0.717, 1.165) is 29.3 Å². The summed E-state index contributed by atoms with van der Waals surface area (Å²) in [5.41, 5.74) is 2.43. The molecule has 2 nitrogen and oxygen atoms in total. The van der Waals surface area contributed by atoms with Crippen LogP contribution in [0.3, 0.4) is 0 Å². The van der Waals surface area contributed by atoms with Crippen LogP contribution in [0.5, 0.6) is 0 Å². The molecule has 3 heteroatoms. The molecule has 0 atom stereocenters. The third-order valence-corrected chi connectivity index (χ3v) is 3.42. The highest BCUT2D eigenvalue weighted by atomic mass is 35.5. The Morgan fingerprint density at radius 2 is 2.12 bits per heavy atom. The van der Waals surface area contributed by atoms with Crippen LogP contribution in [0, 0.1) is 0 Å². The molecule has 0 radical (unpaired) electrons. The molecule has 2 aromatic heterocycles. The van der Waals surface area contributed by atoms with Crippen LogP contribution in [0.4, 0.5) is 0 Å². The average Bonchev–Trinajstić information content (AvgIpc) is 2.39. The topological polar surface area (TPSA) is 25.8 Å². The molecule has 86 valence electrons. The number of pyridine rings is 2. The van der Waals surface area contributed by atoms with Crippen molar-refractivity contribution in [3.63, 3.8) is 0 Å². The number of halogens is 1. The van der Waals surface area contributed by atoms with Crippen LogP contribution in [0.25, 0.3) is 16.3 Å². The van der Waals surface area contributed by atoms with Gasteiger partial charge in [0.05, 0.1) is 5.69 Å². The first-order valence-electron chi connectivity index (χ1n) is 5.94. The Morgan fingerprint density at radius 3 is 2.94 bits per heavy atom. The highest BCUT2D eigenvalue weighted by Crippen LogP contribution is 2.30. The van der Waals surface area contributed by atoms with Crippen molar-refractivity contribution in [2.75, 3.05) is 0 Å². The van der Waals surface area contributed by atoms with Crippen molar-refractivity contribution in [2.45, 2.75) is 25.7 Å². The van der Waals surface area contributed by atoms with Crippen LogP contribution < -0.4 is 0 Å². The predicted octanol–water partition coefficient (Wildman–Crippen LogP) is 4.24. The van der Waals surface area contributed by atoms with E-state index < -0.39 is 0 Å². The molecule has 0 spiro atoms. The largest absolute Gasteiger partial charge is 0.256 e.